The normalized spacial score (nSPS) is 25.9. The highest BCUT2D eigenvalue weighted by molar-refractivity contribution is 5.73. The van der Waals surface area contributed by atoms with Crippen LogP contribution in [-0.4, -0.2) is 36.4 Å². The predicted octanol–water partition coefficient (Wildman–Crippen LogP) is 2.42. The SMILES string of the molecule is CCCNC(CCOC1CCCCC1C)C(=O)O. The van der Waals surface area contributed by atoms with Gasteiger partial charge in [0.25, 0.3) is 0 Å². The summed E-state index contributed by atoms with van der Waals surface area (Å²) in [7, 11) is 0. The Hall–Kier alpha value is -0.610. The van der Waals surface area contributed by atoms with Crippen LogP contribution in [0.5, 0.6) is 0 Å². The molecule has 0 saturated heterocycles. The zero-order valence-corrected chi connectivity index (χ0v) is 11.7. The zero-order chi connectivity index (χ0) is 13.4. The van der Waals surface area contributed by atoms with Gasteiger partial charge in [0.05, 0.1) is 6.10 Å². The monoisotopic (exact) mass is 257 g/mol. The Morgan fingerprint density at radius 1 is 1.44 bits per heavy atom. The molecule has 1 aliphatic rings. The Kier molecular flexibility index (Phi) is 7.28. The number of nitrogens with one attached hydrogen (secondary N) is 1. The van der Waals surface area contributed by atoms with Gasteiger partial charge in [0.1, 0.15) is 6.04 Å². The Morgan fingerprint density at radius 3 is 2.78 bits per heavy atom. The lowest BCUT2D eigenvalue weighted by Crippen LogP contribution is -2.38. The summed E-state index contributed by atoms with van der Waals surface area (Å²) in [4.78, 5) is 11.0. The number of carbonyl (C=O) groups is 1. The van der Waals surface area contributed by atoms with Crippen molar-refractivity contribution in [1.82, 2.24) is 5.32 Å². The average molecular weight is 257 g/mol. The molecule has 0 radical (unpaired) electrons. The fourth-order valence-corrected chi connectivity index (χ4v) is 2.50. The largest absolute Gasteiger partial charge is 0.480 e. The molecule has 0 aromatic rings. The van der Waals surface area contributed by atoms with Crippen LogP contribution >= 0.6 is 0 Å². The Morgan fingerprint density at radius 2 is 2.17 bits per heavy atom. The quantitative estimate of drug-likeness (QED) is 0.701. The topological polar surface area (TPSA) is 58.6 Å². The van der Waals surface area contributed by atoms with Gasteiger partial charge in [-0.15, -0.1) is 0 Å². The Balaban J connectivity index is 2.22. The molecule has 1 saturated carbocycles. The van der Waals surface area contributed by atoms with Gasteiger partial charge in [-0.3, -0.25) is 4.79 Å². The Labute approximate surface area is 110 Å². The van der Waals surface area contributed by atoms with E-state index >= 15 is 0 Å². The predicted molar refractivity (Wildman–Crippen MR) is 71.7 cm³/mol. The van der Waals surface area contributed by atoms with E-state index in [1.165, 1.54) is 19.3 Å². The lowest BCUT2D eigenvalue weighted by atomic mass is 9.88. The van der Waals surface area contributed by atoms with E-state index in [1.54, 1.807) is 0 Å². The van der Waals surface area contributed by atoms with Gasteiger partial charge in [0.15, 0.2) is 0 Å². The van der Waals surface area contributed by atoms with E-state index in [9.17, 15) is 4.79 Å². The minimum Gasteiger partial charge on any atom is -0.480 e. The highest BCUT2D eigenvalue weighted by atomic mass is 16.5. The summed E-state index contributed by atoms with van der Waals surface area (Å²) in [6, 6.07) is -0.469. The van der Waals surface area contributed by atoms with Gasteiger partial charge in [-0.1, -0.05) is 26.7 Å². The maximum Gasteiger partial charge on any atom is 0.320 e. The van der Waals surface area contributed by atoms with Gasteiger partial charge in [0, 0.05) is 6.61 Å². The fourth-order valence-electron chi connectivity index (χ4n) is 2.50. The molecule has 1 aliphatic carbocycles. The standard InChI is InChI=1S/C14H27NO3/c1-3-9-15-12(14(16)17)8-10-18-13-7-5-4-6-11(13)2/h11-13,15H,3-10H2,1-2H3,(H,16,17). The average Bonchev–Trinajstić information content (AvgIpc) is 2.35. The molecule has 0 amide bonds. The number of carboxylic acid groups (broad SMARTS) is 1. The lowest BCUT2D eigenvalue weighted by molar-refractivity contribution is -0.140. The fraction of sp³-hybridized carbons (Fsp3) is 0.929. The van der Waals surface area contributed by atoms with Crippen LogP contribution in [0.2, 0.25) is 0 Å². The molecule has 3 unspecified atom stereocenters. The van der Waals surface area contributed by atoms with Crippen molar-refractivity contribution >= 4 is 5.97 Å². The molecule has 0 aromatic carbocycles. The summed E-state index contributed by atoms with van der Waals surface area (Å²) in [5, 5.41) is 12.1. The molecule has 3 atom stereocenters. The minimum absolute atomic E-state index is 0.333. The van der Waals surface area contributed by atoms with E-state index in [2.05, 4.69) is 12.2 Å². The van der Waals surface area contributed by atoms with Crippen molar-refractivity contribution < 1.29 is 14.6 Å². The van der Waals surface area contributed by atoms with Crippen molar-refractivity contribution in [2.24, 2.45) is 5.92 Å². The van der Waals surface area contributed by atoms with E-state index in [4.69, 9.17) is 9.84 Å². The van der Waals surface area contributed by atoms with Crippen molar-refractivity contribution in [3.8, 4) is 0 Å². The maximum atomic E-state index is 11.0. The minimum atomic E-state index is -0.774. The summed E-state index contributed by atoms with van der Waals surface area (Å²) >= 11 is 0. The number of hydrogen-bond acceptors (Lipinski definition) is 3. The van der Waals surface area contributed by atoms with Crippen molar-refractivity contribution in [3.05, 3.63) is 0 Å². The van der Waals surface area contributed by atoms with Crippen LogP contribution in [0.1, 0.15) is 52.4 Å². The molecule has 18 heavy (non-hydrogen) atoms. The molecule has 0 bridgehead atoms. The summed E-state index contributed by atoms with van der Waals surface area (Å²) < 4.78 is 5.85. The molecule has 0 spiro atoms. The maximum absolute atomic E-state index is 11.0. The van der Waals surface area contributed by atoms with Crippen molar-refractivity contribution in [2.45, 2.75) is 64.5 Å². The third-order valence-corrected chi connectivity index (χ3v) is 3.71. The second kappa shape index (κ2) is 8.48. The molecule has 0 heterocycles. The van der Waals surface area contributed by atoms with Gasteiger partial charge >= 0.3 is 5.97 Å². The second-order valence-electron chi connectivity index (χ2n) is 5.30. The van der Waals surface area contributed by atoms with Crippen LogP contribution in [-0.2, 0) is 9.53 Å². The molecule has 106 valence electrons. The number of aliphatic carboxylic acids is 1. The van der Waals surface area contributed by atoms with Gasteiger partial charge in [-0.2, -0.15) is 0 Å². The third kappa shape index (κ3) is 5.36. The Bertz CT molecular complexity index is 245. The summed E-state index contributed by atoms with van der Waals surface area (Å²) in [6.45, 7) is 5.56. The first kappa shape index (κ1) is 15.4. The van der Waals surface area contributed by atoms with E-state index in [-0.39, 0.29) is 0 Å². The third-order valence-electron chi connectivity index (χ3n) is 3.71. The van der Waals surface area contributed by atoms with Crippen molar-refractivity contribution in [1.29, 1.82) is 0 Å². The smallest absolute Gasteiger partial charge is 0.320 e. The van der Waals surface area contributed by atoms with Crippen LogP contribution in [0, 0.1) is 5.92 Å². The zero-order valence-electron chi connectivity index (χ0n) is 11.7. The highest BCUT2D eigenvalue weighted by Gasteiger charge is 2.23. The molecular weight excluding hydrogens is 230 g/mol. The highest BCUT2D eigenvalue weighted by Crippen LogP contribution is 2.26. The number of ether oxygens (including phenoxy) is 1. The molecule has 4 heteroatoms. The number of carboxylic acids is 1. The van der Waals surface area contributed by atoms with E-state index in [0.717, 1.165) is 19.4 Å². The van der Waals surface area contributed by atoms with Crippen LogP contribution in [0.25, 0.3) is 0 Å². The molecule has 0 aliphatic heterocycles. The summed E-state index contributed by atoms with van der Waals surface area (Å²) in [5.41, 5.74) is 0. The molecule has 0 aromatic heterocycles. The summed E-state index contributed by atoms with van der Waals surface area (Å²) in [5.74, 6) is -0.158. The second-order valence-corrected chi connectivity index (χ2v) is 5.30. The van der Waals surface area contributed by atoms with E-state index in [0.29, 0.717) is 25.0 Å². The first-order valence-electron chi connectivity index (χ1n) is 7.23. The molecular formula is C14H27NO3. The van der Waals surface area contributed by atoms with Crippen LogP contribution in [0.3, 0.4) is 0 Å². The molecule has 2 N–H and O–H groups in total. The first-order valence-corrected chi connectivity index (χ1v) is 7.23. The van der Waals surface area contributed by atoms with Crippen molar-refractivity contribution in [2.75, 3.05) is 13.2 Å². The first-order chi connectivity index (χ1) is 8.65. The number of hydrogen-bond donors (Lipinski definition) is 2. The van der Waals surface area contributed by atoms with Gasteiger partial charge < -0.3 is 15.2 Å². The van der Waals surface area contributed by atoms with Crippen molar-refractivity contribution in [3.63, 3.8) is 0 Å². The summed E-state index contributed by atoms with van der Waals surface area (Å²) in [6.07, 6.45) is 6.74. The van der Waals surface area contributed by atoms with Crippen LogP contribution < -0.4 is 5.32 Å². The van der Waals surface area contributed by atoms with Crippen LogP contribution in [0.15, 0.2) is 0 Å². The van der Waals surface area contributed by atoms with E-state index < -0.39 is 12.0 Å². The van der Waals surface area contributed by atoms with Gasteiger partial charge in [-0.05, 0) is 38.1 Å². The lowest BCUT2D eigenvalue weighted by Gasteiger charge is -2.29. The number of rotatable bonds is 8. The van der Waals surface area contributed by atoms with Crippen LogP contribution in [0.4, 0.5) is 0 Å². The molecule has 1 rings (SSSR count). The molecule has 4 nitrogen and oxygen atoms in total. The van der Waals surface area contributed by atoms with Gasteiger partial charge in [0.2, 0.25) is 0 Å². The van der Waals surface area contributed by atoms with Gasteiger partial charge in [-0.25, -0.2) is 0 Å². The molecule has 1 fully saturated rings. The van der Waals surface area contributed by atoms with E-state index in [1.807, 2.05) is 6.92 Å².